The van der Waals surface area contributed by atoms with Gasteiger partial charge in [0, 0.05) is 24.6 Å². The highest BCUT2D eigenvalue weighted by Gasteiger charge is 2.36. The number of primary amides is 1. The number of nitrogens with two attached hydrogens (primary N) is 1. The number of ether oxygens (including phenoxy) is 2. The molecule has 1 aliphatic rings. The lowest BCUT2D eigenvalue weighted by Gasteiger charge is -2.36. The van der Waals surface area contributed by atoms with Crippen molar-refractivity contribution in [3.63, 3.8) is 0 Å². The van der Waals surface area contributed by atoms with Gasteiger partial charge in [-0.2, -0.15) is 0 Å². The van der Waals surface area contributed by atoms with Crippen molar-refractivity contribution in [1.29, 1.82) is 0 Å². The summed E-state index contributed by atoms with van der Waals surface area (Å²) < 4.78 is 10.3. The molecule has 0 spiro atoms. The van der Waals surface area contributed by atoms with E-state index >= 15 is 0 Å². The third kappa shape index (κ3) is 20.7. The molecule has 0 aromatic rings. The first-order valence-electron chi connectivity index (χ1n) is 15.7. The van der Waals surface area contributed by atoms with E-state index < -0.39 is 83.7 Å². The van der Waals surface area contributed by atoms with E-state index in [1.54, 1.807) is 13.8 Å². The van der Waals surface area contributed by atoms with Gasteiger partial charge >= 0.3 is 5.97 Å². The number of carbonyl (C=O) groups excluding carboxylic acids is 6. The van der Waals surface area contributed by atoms with Gasteiger partial charge in [0.2, 0.25) is 29.5 Å². The van der Waals surface area contributed by atoms with Crippen molar-refractivity contribution < 1.29 is 63.5 Å². The number of thioether (sulfide) groups is 1. The fourth-order valence-corrected chi connectivity index (χ4v) is 5.13. The van der Waals surface area contributed by atoms with Gasteiger partial charge in [-0.05, 0) is 12.3 Å². The van der Waals surface area contributed by atoms with Crippen LogP contribution in [0, 0.1) is 5.92 Å². The maximum Gasteiger partial charge on any atom is 0.305 e. The smallest absolute Gasteiger partial charge is 0.305 e. The Labute approximate surface area is 290 Å². The molecule has 1 saturated heterocycles. The van der Waals surface area contributed by atoms with E-state index in [2.05, 4.69) is 21.3 Å². The SMILES string of the molecule is CCC(C)SC(CC(=O)O)C(=O)NCC(=O)NCCC(=O)NC(C(N)=O)C(C)C.[B]C(=O)CNC(=O)CCOC1O[C@H](CO)C(O)CC1O. The lowest BCUT2D eigenvalue weighted by atomic mass is 10.0. The molecule has 18 nitrogen and oxygen atoms in total. The first-order valence-corrected chi connectivity index (χ1v) is 16.6. The van der Waals surface area contributed by atoms with Crippen LogP contribution in [0.25, 0.3) is 0 Å². The zero-order chi connectivity index (χ0) is 37.7. The van der Waals surface area contributed by atoms with Crippen LogP contribution in [0.4, 0.5) is 0 Å². The lowest BCUT2D eigenvalue weighted by Crippen LogP contribution is -2.49. The Hall–Kier alpha value is -3.30. The summed E-state index contributed by atoms with van der Waals surface area (Å²) in [7, 11) is 4.86. The van der Waals surface area contributed by atoms with E-state index in [0.717, 1.165) is 6.42 Å². The van der Waals surface area contributed by atoms with E-state index in [9.17, 15) is 43.8 Å². The molecule has 5 amide bonds. The number of aliphatic hydroxyl groups is 3. The fourth-order valence-electron chi connectivity index (χ4n) is 3.93. The molecular formula is C29H50BN5O13S. The van der Waals surface area contributed by atoms with E-state index in [1.165, 1.54) is 11.8 Å². The summed E-state index contributed by atoms with van der Waals surface area (Å²) in [6.45, 7) is 6.33. The van der Waals surface area contributed by atoms with Gasteiger partial charge in [0.25, 0.3) is 0 Å². The van der Waals surface area contributed by atoms with Crippen molar-refractivity contribution in [2.24, 2.45) is 11.7 Å². The number of aliphatic carboxylic acids is 1. The van der Waals surface area contributed by atoms with Crippen LogP contribution < -0.4 is 27.0 Å². The van der Waals surface area contributed by atoms with Gasteiger partial charge < -0.3 is 61.7 Å². The molecule has 6 unspecified atom stereocenters. The maximum absolute atomic E-state index is 12.2. The van der Waals surface area contributed by atoms with Crippen molar-refractivity contribution in [2.45, 2.75) is 101 Å². The largest absolute Gasteiger partial charge is 0.481 e. The van der Waals surface area contributed by atoms with Gasteiger partial charge in [-0.25, -0.2) is 0 Å². The number of amides is 5. The van der Waals surface area contributed by atoms with Crippen LogP contribution in [0.1, 0.15) is 59.8 Å². The van der Waals surface area contributed by atoms with Crippen molar-refractivity contribution in [3.05, 3.63) is 0 Å². The molecule has 0 saturated carbocycles. The molecule has 278 valence electrons. The zero-order valence-electron chi connectivity index (χ0n) is 28.2. The summed E-state index contributed by atoms with van der Waals surface area (Å²) in [5.41, 5.74) is 4.57. The van der Waals surface area contributed by atoms with E-state index in [0.29, 0.717) is 0 Å². The Morgan fingerprint density at radius 3 is 2.14 bits per heavy atom. The minimum absolute atomic E-state index is 0.0176. The molecule has 49 heavy (non-hydrogen) atoms. The van der Waals surface area contributed by atoms with Crippen LogP contribution in [-0.4, -0.2) is 143 Å². The molecule has 2 radical (unpaired) electrons. The summed E-state index contributed by atoms with van der Waals surface area (Å²) in [6, 6.07) is -0.785. The Kier molecular flexibility index (Phi) is 23.1. The van der Waals surface area contributed by atoms with Gasteiger partial charge in [0.05, 0.1) is 56.2 Å². The lowest BCUT2D eigenvalue weighted by molar-refractivity contribution is -0.269. The molecule has 7 atom stereocenters. The highest BCUT2D eigenvalue weighted by atomic mass is 32.2. The number of nitrogens with one attached hydrogen (secondary N) is 4. The van der Waals surface area contributed by atoms with Crippen LogP contribution in [0.5, 0.6) is 0 Å². The molecular weight excluding hydrogens is 669 g/mol. The number of aliphatic hydroxyl groups excluding tert-OH is 3. The Morgan fingerprint density at radius 2 is 1.61 bits per heavy atom. The number of carboxylic acids is 1. The highest BCUT2D eigenvalue weighted by molar-refractivity contribution is 8.01. The van der Waals surface area contributed by atoms with Crippen LogP contribution >= 0.6 is 11.8 Å². The standard InChI is InChI=1S/C18H32N4O6S.C11H18BNO7/c1-5-11(4)29-12(8-15(25)26)18(28)21-9-14(24)20-7-6-13(23)22-16(10(2)3)17(19)27;12-9(17)4-13-10(18)1-2-19-11-7(16)3-6(15)8(5-14)20-11/h10-12,16H,5-9H2,1-4H3,(H2,19,27)(H,20,24)(H,21,28)(H,22,23)(H,25,26);6-8,11,14-16H,1-5H2,(H,13,18)/t;6?,7?,8-,11?/m.1/s1. The van der Waals surface area contributed by atoms with Gasteiger partial charge in [-0.15, -0.1) is 11.8 Å². The van der Waals surface area contributed by atoms with Gasteiger partial charge in [-0.1, -0.05) is 27.7 Å². The number of hydrogen-bond acceptors (Lipinski definition) is 13. The molecule has 1 rings (SSSR count). The van der Waals surface area contributed by atoms with Gasteiger partial charge in [0.1, 0.15) is 18.2 Å². The Morgan fingerprint density at radius 1 is 0.959 bits per heavy atom. The summed E-state index contributed by atoms with van der Waals surface area (Å²) in [5.74, 6) is -3.77. The average molecular weight is 720 g/mol. The molecule has 0 aromatic carbocycles. The predicted molar refractivity (Wildman–Crippen MR) is 177 cm³/mol. The topological polar surface area (TPSA) is 293 Å². The molecule has 0 bridgehead atoms. The third-order valence-corrected chi connectivity index (χ3v) is 8.30. The second kappa shape index (κ2) is 24.8. The van der Waals surface area contributed by atoms with Crippen LogP contribution in [0.2, 0.25) is 0 Å². The number of rotatable bonds is 21. The maximum atomic E-state index is 12.2. The summed E-state index contributed by atoms with van der Waals surface area (Å²) >= 11 is 1.25. The third-order valence-electron chi connectivity index (χ3n) is 6.80. The van der Waals surface area contributed by atoms with Gasteiger partial charge in [-0.3, -0.25) is 28.8 Å². The molecule has 10 N–H and O–H groups in total. The minimum atomic E-state index is -1.09. The molecule has 1 heterocycles. The van der Waals surface area contributed by atoms with Crippen LogP contribution in [0.3, 0.4) is 0 Å². The van der Waals surface area contributed by atoms with Crippen molar-refractivity contribution in [3.8, 4) is 0 Å². The Balaban J connectivity index is 0.00000100. The van der Waals surface area contributed by atoms with Crippen molar-refractivity contribution >= 4 is 60.8 Å². The van der Waals surface area contributed by atoms with E-state index in [1.807, 2.05) is 13.8 Å². The normalized spacial score (nSPS) is 20.4. The summed E-state index contributed by atoms with van der Waals surface area (Å²) in [6.07, 6.45) is -3.47. The zero-order valence-corrected chi connectivity index (χ0v) is 29.0. The Bertz CT molecular complexity index is 1100. The van der Waals surface area contributed by atoms with E-state index in [4.69, 9.17) is 33.3 Å². The molecule has 0 aliphatic carbocycles. The molecule has 20 heteroatoms. The first-order chi connectivity index (χ1) is 22.9. The van der Waals surface area contributed by atoms with Gasteiger partial charge in [0.15, 0.2) is 14.1 Å². The molecule has 1 aliphatic heterocycles. The summed E-state index contributed by atoms with van der Waals surface area (Å²) in [5, 5.41) is 46.1. The first kappa shape index (κ1) is 45.7. The highest BCUT2D eigenvalue weighted by Crippen LogP contribution is 2.23. The van der Waals surface area contributed by atoms with Crippen LogP contribution in [0.15, 0.2) is 0 Å². The second-order valence-electron chi connectivity index (χ2n) is 11.4. The fraction of sp³-hybridized carbons (Fsp3) is 0.759. The van der Waals surface area contributed by atoms with Crippen molar-refractivity contribution in [2.75, 3.05) is 32.8 Å². The minimum Gasteiger partial charge on any atom is -0.481 e. The molecule has 0 aromatic heterocycles. The van der Waals surface area contributed by atoms with E-state index in [-0.39, 0.29) is 63.1 Å². The summed E-state index contributed by atoms with van der Waals surface area (Å²) in [4.78, 5) is 79.8. The number of hydrogen-bond donors (Lipinski definition) is 9. The quantitative estimate of drug-likeness (QED) is 0.0524. The van der Waals surface area contributed by atoms with Crippen molar-refractivity contribution in [1.82, 2.24) is 21.3 Å². The predicted octanol–water partition coefficient (Wildman–Crippen LogP) is -3.36. The van der Waals surface area contributed by atoms with Crippen LogP contribution in [-0.2, 0) is 43.0 Å². The monoisotopic (exact) mass is 719 g/mol. The average Bonchev–Trinajstić information content (AvgIpc) is 3.01. The second-order valence-corrected chi connectivity index (χ2v) is 13.1. The number of carbonyl (C=O) groups is 7. The molecule has 1 fully saturated rings. The number of carboxylic acid groups (broad SMARTS) is 1.